The first-order chi connectivity index (χ1) is 16.8. The fraction of sp³-hybridized carbons (Fsp3) is 0.440. The van der Waals surface area contributed by atoms with E-state index in [1.165, 1.54) is 12.0 Å². The molecule has 2 rings (SSSR count). The summed E-state index contributed by atoms with van der Waals surface area (Å²) in [5.41, 5.74) is 1.67. The summed E-state index contributed by atoms with van der Waals surface area (Å²) in [6.45, 7) is 6.71. The fourth-order valence-electron chi connectivity index (χ4n) is 3.47. The maximum Gasteiger partial charge on any atom is 0.244 e. The Labute approximate surface area is 223 Å². The van der Waals surface area contributed by atoms with Crippen LogP contribution in [0.2, 0.25) is 10.0 Å². The molecule has 0 unspecified atom stereocenters. The number of hydrogen-bond acceptors (Lipinski definition) is 5. The molecule has 2 atom stereocenters. The van der Waals surface area contributed by atoms with Crippen LogP contribution in [0.3, 0.4) is 0 Å². The number of sulfonamides is 1. The molecule has 0 aliphatic rings. The van der Waals surface area contributed by atoms with Crippen molar-refractivity contribution < 1.29 is 22.7 Å². The Hall–Kier alpha value is -2.49. The average Bonchev–Trinajstić information content (AvgIpc) is 2.81. The second kappa shape index (κ2) is 12.7. The van der Waals surface area contributed by atoms with Gasteiger partial charge in [-0.1, -0.05) is 42.3 Å². The third-order valence-corrected chi connectivity index (χ3v) is 7.65. The predicted molar refractivity (Wildman–Crippen MR) is 144 cm³/mol. The zero-order valence-corrected chi connectivity index (χ0v) is 23.7. The molecule has 8 nitrogen and oxygen atoms in total. The number of carbonyl (C=O) groups excluding carboxylic acids is 2. The maximum atomic E-state index is 13.7. The number of amides is 2. The molecular formula is C25H33Cl2N3O5S. The lowest BCUT2D eigenvalue weighted by molar-refractivity contribution is -0.139. The van der Waals surface area contributed by atoms with E-state index < -0.39 is 28.5 Å². The Kier molecular flexibility index (Phi) is 10.5. The molecular weight excluding hydrogens is 525 g/mol. The largest absolute Gasteiger partial charge is 0.495 e. The van der Waals surface area contributed by atoms with Gasteiger partial charge in [0.15, 0.2) is 0 Å². The number of anilines is 1. The lowest BCUT2D eigenvalue weighted by atomic mass is 10.1. The molecule has 0 aromatic heterocycles. The molecule has 11 heteroatoms. The van der Waals surface area contributed by atoms with Crippen LogP contribution in [0.25, 0.3) is 0 Å². The van der Waals surface area contributed by atoms with E-state index in [-0.39, 0.29) is 24.2 Å². The van der Waals surface area contributed by atoms with Gasteiger partial charge in [0.25, 0.3) is 0 Å². The van der Waals surface area contributed by atoms with Gasteiger partial charge in [0.2, 0.25) is 21.8 Å². The van der Waals surface area contributed by atoms with Gasteiger partial charge in [0.1, 0.15) is 18.3 Å². The first-order valence-corrected chi connectivity index (χ1v) is 14.0. The standard InChI is InChI=1S/C25H33Cl2N3O5S/c1-7-17(3)28-25(32)18(4)29(14-19-9-10-20(26)21(27)13-19)24(31)15-30(36(6,33)34)22-12-16(2)8-11-23(22)35-5/h8-13,17-18H,7,14-15H2,1-6H3,(H,28,32)/t17-,18-/m1/s1. The lowest BCUT2D eigenvalue weighted by Crippen LogP contribution is -2.52. The van der Waals surface area contributed by atoms with Gasteiger partial charge in [-0.2, -0.15) is 0 Å². The molecule has 0 aliphatic carbocycles. The molecule has 2 aromatic rings. The van der Waals surface area contributed by atoms with Gasteiger partial charge in [-0.25, -0.2) is 8.42 Å². The topological polar surface area (TPSA) is 96.0 Å². The Morgan fingerprint density at radius 2 is 1.75 bits per heavy atom. The molecule has 0 saturated carbocycles. The summed E-state index contributed by atoms with van der Waals surface area (Å²) in [7, 11) is -2.46. The van der Waals surface area contributed by atoms with Crippen molar-refractivity contribution in [2.75, 3.05) is 24.2 Å². The normalized spacial score (nSPS) is 13.0. The van der Waals surface area contributed by atoms with Crippen LogP contribution in [0.4, 0.5) is 5.69 Å². The third-order valence-electron chi connectivity index (χ3n) is 5.79. The number of nitrogens with one attached hydrogen (secondary N) is 1. The molecule has 2 aromatic carbocycles. The van der Waals surface area contributed by atoms with Crippen LogP contribution < -0.4 is 14.4 Å². The van der Waals surface area contributed by atoms with Crippen LogP contribution in [-0.2, 0) is 26.2 Å². The van der Waals surface area contributed by atoms with Crippen molar-refractivity contribution in [1.82, 2.24) is 10.2 Å². The number of aryl methyl sites for hydroxylation is 1. The van der Waals surface area contributed by atoms with Crippen LogP contribution in [0.15, 0.2) is 36.4 Å². The Bertz CT molecular complexity index is 1210. The van der Waals surface area contributed by atoms with E-state index >= 15 is 0 Å². The molecule has 36 heavy (non-hydrogen) atoms. The van der Waals surface area contributed by atoms with E-state index in [0.717, 1.165) is 16.1 Å². The molecule has 0 bridgehead atoms. The van der Waals surface area contributed by atoms with Gasteiger partial charge in [-0.05, 0) is 62.6 Å². The number of rotatable bonds is 11. The number of ether oxygens (including phenoxy) is 1. The van der Waals surface area contributed by atoms with Crippen molar-refractivity contribution >= 4 is 50.7 Å². The van der Waals surface area contributed by atoms with Gasteiger partial charge >= 0.3 is 0 Å². The minimum Gasteiger partial charge on any atom is -0.495 e. The number of carbonyl (C=O) groups is 2. The van der Waals surface area contributed by atoms with Crippen LogP contribution >= 0.6 is 23.2 Å². The number of nitrogens with zero attached hydrogens (tertiary/aromatic N) is 2. The minimum atomic E-state index is -3.88. The summed E-state index contributed by atoms with van der Waals surface area (Å²) >= 11 is 12.2. The monoisotopic (exact) mass is 557 g/mol. The van der Waals surface area contributed by atoms with Gasteiger partial charge in [0.05, 0.1) is 29.1 Å². The molecule has 0 saturated heterocycles. The molecule has 198 valence electrons. The molecule has 0 heterocycles. The summed E-state index contributed by atoms with van der Waals surface area (Å²) < 4.78 is 31.9. The van der Waals surface area contributed by atoms with Gasteiger partial charge in [-0.15, -0.1) is 0 Å². The Morgan fingerprint density at radius 1 is 1.08 bits per heavy atom. The van der Waals surface area contributed by atoms with Gasteiger partial charge < -0.3 is 15.0 Å². The van der Waals surface area contributed by atoms with E-state index in [0.29, 0.717) is 27.8 Å². The van der Waals surface area contributed by atoms with E-state index in [2.05, 4.69) is 5.32 Å². The Balaban J connectivity index is 2.48. The zero-order chi connectivity index (χ0) is 27.2. The SMILES string of the molecule is CC[C@@H](C)NC(=O)[C@@H](C)N(Cc1ccc(Cl)c(Cl)c1)C(=O)CN(c1cc(C)ccc1OC)S(C)(=O)=O. The van der Waals surface area contributed by atoms with E-state index in [4.69, 9.17) is 27.9 Å². The number of methoxy groups -OCH3 is 1. The molecule has 0 aliphatic heterocycles. The maximum absolute atomic E-state index is 13.7. The second-order valence-electron chi connectivity index (χ2n) is 8.71. The van der Waals surface area contributed by atoms with E-state index in [1.807, 2.05) is 20.8 Å². The predicted octanol–water partition coefficient (Wildman–Crippen LogP) is 4.41. The second-order valence-corrected chi connectivity index (χ2v) is 11.4. The summed E-state index contributed by atoms with van der Waals surface area (Å²) in [5.74, 6) is -0.615. The van der Waals surface area contributed by atoms with Crippen molar-refractivity contribution in [2.45, 2.75) is 52.7 Å². The molecule has 0 radical (unpaired) electrons. The van der Waals surface area contributed by atoms with Crippen molar-refractivity contribution in [3.05, 3.63) is 57.6 Å². The smallest absolute Gasteiger partial charge is 0.244 e. The zero-order valence-electron chi connectivity index (χ0n) is 21.3. The highest BCUT2D eigenvalue weighted by Gasteiger charge is 2.31. The van der Waals surface area contributed by atoms with Crippen LogP contribution in [0.1, 0.15) is 38.3 Å². The van der Waals surface area contributed by atoms with Crippen LogP contribution in [0.5, 0.6) is 5.75 Å². The van der Waals surface area contributed by atoms with Crippen molar-refractivity contribution in [1.29, 1.82) is 0 Å². The third kappa shape index (κ3) is 7.75. The lowest BCUT2D eigenvalue weighted by Gasteiger charge is -2.32. The number of hydrogen-bond donors (Lipinski definition) is 1. The highest BCUT2D eigenvalue weighted by molar-refractivity contribution is 7.92. The van der Waals surface area contributed by atoms with E-state index in [1.54, 1.807) is 43.3 Å². The summed E-state index contributed by atoms with van der Waals surface area (Å²) in [4.78, 5) is 27.9. The average molecular weight is 559 g/mol. The van der Waals surface area contributed by atoms with Gasteiger partial charge in [0, 0.05) is 12.6 Å². The highest BCUT2D eigenvalue weighted by Crippen LogP contribution is 2.31. The number of benzene rings is 2. The molecule has 0 fully saturated rings. The van der Waals surface area contributed by atoms with Crippen LogP contribution in [-0.4, -0.2) is 57.1 Å². The van der Waals surface area contributed by atoms with Crippen molar-refractivity contribution in [2.24, 2.45) is 0 Å². The molecule has 0 spiro atoms. The summed E-state index contributed by atoms with van der Waals surface area (Å²) in [5, 5.41) is 3.54. The first kappa shape index (κ1) is 29.7. The highest BCUT2D eigenvalue weighted by atomic mass is 35.5. The van der Waals surface area contributed by atoms with E-state index in [9.17, 15) is 18.0 Å². The van der Waals surface area contributed by atoms with Crippen molar-refractivity contribution in [3.63, 3.8) is 0 Å². The van der Waals surface area contributed by atoms with Crippen LogP contribution in [0, 0.1) is 6.92 Å². The Morgan fingerprint density at radius 3 is 2.31 bits per heavy atom. The summed E-state index contributed by atoms with van der Waals surface area (Å²) in [6, 6.07) is 8.99. The number of halogens is 2. The molecule has 2 amide bonds. The quantitative estimate of drug-likeness (QED) is 0.441. The minimum absolute atomic E-state index is 0.0212. The fourth-order valence-corrected chi connectivity index (χ4v) is 4.64. The first-order valence-electron chi connectivity index (χ1n) is 11.4. The van der Waals surface area contributed by atoms with Crippen molar-refractivity contribution in [3.8, 4) is 5.75 Å². The summed E-state index contributed by atoms with van der Waals surface area (Å²) in [6.07, 6.45) is 1.73. The molecule has 1 N–H and O–H groups in total. The van der Waals surface area contributed by atoms with Gasteiger partial charge in [-0.3, -0.25) is 13.9 Å².